The molecule has 0 unspecified atom stereocenters. The van der Waals surface area contributed by atoms with E-state index in [1.54, 1.807) is 19.1 Å². The molecule has 0 spiro atoms. The standard InChI is InChI=1S/C14H19N3O3/c1-9-4-5-10(11(15)18)12(17-9)16-8-14(13(19)20)6-2-3-7-14/h4-5H,2-3,6-8H2,1H3,(H2,15,18)(H,16,17)(H,19,20). The molecule has 0 saturated heterocycles. The number of hydrogen-bond donors (Lipinski definition) is 3. The van der Waals surface area contributed by atoms with E-state index in [1.165, 1.54) is 0 Å². The van der Waals surface area contributed by atoms with Crippen LogP contribution in [0.1, 0.15) is 41.7 Å². The molecule has 0 atom stereocenters. The van der Waals surface area contributed by atoms with Crippen molar-refractivity contribution in [1.82, 2.24) is 4.98 Å². The molecule has 0 radical (unpaired) electrons. The predicted molar refractivity (Wildman–Crippen MR) is 74.5 cm³/mol. The summed E-state index contributed by atoms with van der Waals surface area (Å²) >= 11 is 0. The zero-order valence-electron chi connectivity index (χ0n) is 11.5. The molecule has 1 amide bonds. The number of anilines is 1. The normalized spacial score (nSPS) is 16.9. The van der Waals surface area contributed by atoms with Crippen molar-refractivity contribution in [2.24, 2.45) is 11.1 Å². The lowest BCUT2D eigenvalue weighted by molar-refractivity contribution is -0.147. The van der Waals surface area contributed by atoms with Crippen LogP contribution in [0.5, 0.6) is 0 Å². The molecule has 1 heterocycles. The maximum atomic E-state index is 11.5. The first kappa shape index (κ1) is 14.3. The van der Waals surface area contributed by atoms with Crippen LogP contribution in [-0.2, 0) is 4.79 Å². The van der Waals surface area contributed by atoms with Gasteiger partial charge in [-0.15, -0.1) is 0 Å². The Bertz CT molecular complexity index is 536. The fraction of sp³-hybridized carbons (Fsp3) is 0.500. The van der Waals surface area contributed by atoms with Gasteiger partial charge in [0.1, 0.15) is 5.82 Å². The average molecular weight is 277 g/mol. The summed E-state index contributed by atoms with van der Waals surface area (Å²) in [6, 6.07) is 3.31. The molecule has 1 aliphatic rings. The van der Waals surface area contributed by atoms with E-state index in [0.717, 1.165) is 18.5 Å². The first-order valence-corrected chi connectivity index (χ1v) is 6.69. The molecule has 108 valence electrons. The van der Waals surface area contributed by atoms with Gasteiger partial charge in [0.2, 0.25) is 0 Å². The van der Waals surface area contributed by atoms with E-state index in [9.17, 15) is 14.7 Å². The number of carboxylic acid groups (broad SMARTS) is 1. The van der Waals surface area contributed by atoms with Gasteiger partial charge in [-0.3, -0.25) is 9.59 Å². The molecular formula is C14H19N3O3. The minimum atomic E-state index is -0.796. The number of carboxylic acids is 1. The van der Waals surface area contributed by atoms with Crippen LogP contribution in [0.3, 0.4) is 0 Å². The summed E-state index contributed by atoms with van der Waals surface area (Å²) in [5.41, 5.74) is 5.57. The van der Waals surface area contributed by atoms with E-state index in [4.69, 9.17) is 5.73 Å². The molecule has 20 heavy (non-hydrogen) atoms. The minimum absolute atomic E-state index is 0.263. The number of nitrogens with one attached hydrogen (secondary N) is 1. The number of aromatic nitrogens is 1. The van der Waals surface area contributed by atoms with Crippen molar-refractivity contribution in [3.05, 3.63) is 23.4 Å². The molecule has 0 aliphatic heterocycles. The number of rotatable bonds is 5. The van der Waals surface area contributed by atoms with Gasteiger partial charge < -0.3 is 16.2 Å². The fourth-order valence-electron chi connectivity index (χ4n) is 2.66. The van der Waals surface area contributed by atoms with E-state index in [1.807, 2.05) is 0 Å². The zero-order valence-corrected chi connectivity index (χ0v) is 11.5. The highest BCUT2D eigenvalue weighted by atomic mass is 16.4. The van der Waals surface area contributed by atoms with E-state index in [2.05, 4.69) is 10.3 Å². The highest BCUT2D eigenvalue weighted by Crippen LogP contribution is 2.38. The molecule has 2 rings (SSSR count). The van der Waals surface area contributed by atoms with Crippen LogP contribution in [0.2, 0.25) is 0 Å². The largest absolute Gasteiger partial charge is 0.481 e. The van der Waals surface area contributed by atoms with Crippen LogP contribution in [-0.4, -0.2) is 28.5 Å². The van der Waals surface area contributed by atoms with Crippen molar-refractivity contribution >= 4 is 17.7 Å². The summed E-state index contributed by atoms with van der Waals surface area (Å²) in [4.78, 5) is 27.1. The Morgan fingerprint density at radius 3 is 2.60 bits per heavy atom. The van der Waals surface area contributed by atoms with Crippen LogP contribution in [0.15, 0.2) is 12.1 Å². The summed E-state index contributed by atoms with van der Waals surface area (Å²) in [7, 11) is 0. The van der Waals surface area contributed by atoms with Crippen molar-refractivity contribution in [3.8, 4) is 0 Å². The summed E-state index contributed by atoms with van der Waals surface area (Å²) in [6.45, 7) is 2.07. The topological polar surface area (TPSA) is 105 Å². The van der Waals surface area contributed by atoms with Gasteiger partial charge in [0.05, 0.1) is 11.0 Å². The Morgan fingerprint density at radius 2 is 2.05 bits per heavy atom. The van der Waals surface area contributed by atoms with Gasteiger partial charge in [0.15, 0.2) is 0 Å². The monoisotopic (exact) mass is 277 g/mol. The molecule has 1 fully saturated rings. The van der Waals surface area contributed by atoms with Crippen molar-refractivity contribution < 1.29 is 14.7 Å². The molecule has 1 aliphatic carbocycles. The second-order valence-electron chi connectivity index (χ2n) is 5.36. The van der Waals surface area contributed by atoms with Crippen molar-refractivity contribution in [1.29, 1.82) is 0 Å². The number of primary amides is 1. The van der Waals surface area contributed by atoms with E-state index >= 15 is 0 Å². The molecule has 1 aromatic rings. The summed E-state index contributed by atoms with van der Waals surface area (Å²) in [5.74, 6) is -1.00. The minimum Gasteiger partial charge on any atom is -0.481 e. The van der Waals surface area contributed by atoms with Crippen LogP contribution in [0, 0.1) is 12.3 Å². The Labute approximate surface area is 117 Å². The Balaban J connectivity index is 2.20. The maximum absolute atomic E-state index is 11.5. The van der Waals surface area contributed by atoms with Crippen molar-refractivity contribution in [3.63, 3.8) is 0 Å². The highest BCUT2D eigenvalue weighted by molar-refractivity contribution is 5.97. The second-order valence-corrected chi connectivity index (χ2v) is 5.36. The van der Waals surface area contributed by atoms with Crippen molar-refractivity contribution in [2.75, 3.05) is 11.9 Å². The molecule has 6 heteroatoms. The van der Waals surface area contributed by atoms with E-state index < -0.39 is 17.3 Å². The highest BCUT2D eigenvalue weighted by Gasteiger charge is 2.41. The number of nitrogens with zero attached hydrogens (tertiary/aromatic N) is 1. The van der Waals surface area contributed by atoms with Gasteiger partial charge in [-0.25, -0.2) is 4.98 Å². The van der Waals surface area contributed by atoms with Gasteiger partial charge in [-0.05, 0) is 31.9 Å². The van der Waals surface area contributed by atoms with Crippen LogP contribution < -0.4 is 11.1 Å². The van der Waals surface area contributed by atoms with Gasteiger partial charge in [0.25, 0.3) is 5.91 Å². The van der Waals surface area contributed by atoms with E-state index in [0.29, 0.717) is 18.7 Å². The average Bonchev–Trinajstić information content (AvgIpc) is 2.86. The molecule has 6 nitrogen and oxygen atoms in total. The Hall–Kier alpha value is -2.11. The van der Waals surface area contributed by atoms with Gasteiger partial charge in [-0.2, -0.15) is 0 Å². The lowest BCUT2D eigenvalue weighted by Gasteiger charge is -2.24. The lowest BCUT2D eigenvalue weighted by atomic mass is 9.86. The lowest BCUT2D eigenvalue weighted by Crippen LogP contribution is -2.35. The number of amides is 1. The van der Waals surface area contributed by atoms with Crippen molar-refractivity contribution in [2.45, 2.75) is 32.6 Å². The Kier molecular flexibility index (Phi) is 3.92. The predicted octanol–water partition coefficient (Wildman–Crippen LogP) is 1.55. The SMILES string of the molecule is Cc1ccc(C(N)=O)c(NCC2(C(=O)O)CCCC2)n1. The van der Waals surface area contributed by atoms with Gasteiger partial charge in [0, 0.05) is 12.2 Å². The third-order valence-corrected chi connectivity index (χ3v) is 3.91. The molecule has 1 saturated carbocycles. The number of carbonyl (C=O) groups excluding carboxylic acids is 1. The maximum Gasteiger partial charge on any atom is 0.311 e. The molecule has 0 bridgehead atoms. The van der Waals surface area contributed by atoms with Crippen LogP contribution in [0.4, 0.5) is 5.82 Å². The summed E-state index contributed by atoms with van der Waals surface area (Å²) in [5, 5.41) is 12.4. The third kappa shape index (κ3) is 2.74. The van der Waals surface area contributed by atoms with E-state index in [-0.39, 0.29) is 12.1 Å². The number of nitrogens with two attached hydrogens (primary N) is 1. The number of aliphatic carboxylic acids is 1. The quantitative estimate of drug-likeness (QED) is 0.757. The number of hydrogen-bond acceptors (Lipinski definition) is 4. The first-order valence-electron chi connectivity index (χ1n) is 6.69. The molecule has 4 N–H and O–H groups in total. The summed E-state index contributed by atoms with van der Waals surface area (Å²) < 4.78 is 0. The summed E-state index contributed by atoms with van der Waals surface area (Å²) in [6.07, 6.45) is 3.12. The van der Waals surface area contributed by atoms with Crippen LogP contribution in [0.25, 0.3) is 0 Å². The second kappa shape index (κ2) is 5.48. The smallest absolute Gasteiger partial charge is 0.311 e. The van der Waals surface area contributed by atoms with Gasteiger partial charge in [-0.1, -0.05) is 12.8 Å². The molecule has 0 aromatic carbocycles. The van der Waals surface area contributed by atoms with Gasteiger partial charge >= 0.3 is 5.97 Å². The Morgan fingerprint density at radius 1 is 1.40 bits per heavy atom. The fourth-order valence-corrected chi connectivity index (χ4v) is 2.66. The number of pyridine rings is 1. The van der Waals surface area contributed by atoms with Crippen LogP contribution >= 0.6 is 0 Å². The molecular weight excluding hydrogens is 258 g/mol. The third-order valence-electron chi connectivity index (χ3n) is 3.91. The first-order chi connectivity index (χ1) is 9.44. The number of aryl methyl sites for hydroxylation is 1. The molecule has 1 aromatic heterocycles. The number of carbonyl (C=O) groups is 2. The zero-order chi connectivity index (χ0) is 14.8.